The number of piperidine rings is 1. The molecule has 0 aromatic heterocycles. The van der Waals surface area contributed by atoms with Crippen LogP contribution < -0.4 is 5.32 Å². The van der Waals surface area contributed by atoms with Crippen LogP contribution in [0.3, 0.4) is 0 Å². The predicted octanol–water partition coefficient (Wildman–Crippen LogP) is 4.70. The van der Waals surface area contributed by atoms with Gasteiger partial charge in [-0.3, -0.25) is 0 Å². The minimum absolute atomic E-state index is 0.135. The first-order chi connectivity index (χ1) is 12.2. The zero-order valence-corrected chi connectivity index (χ0v) is 16.1. The molecule has 2 nitrogen and oxygen atoms in total. The van der Waals surface area contributed by atoms with Crippen molar-refractivity contribution in [2.45, 2.75) is 30.6 Å². The molecule has 2 atom stereocenters. The molecule has 3 rings (SSSR count). The maximum absolute atomic E-state index is 6.18. The second-order valence-electron chi connectivity index (χ2n) is 7.36. The molecule has 1 saturated heterocycles. The average molecular weight is 357 g/mol. The Morgan fingerprint density at radius 3 is 2.52 bits per heavy atom. The minimum atomic E-state index is 0.135. The summed E-state index contributed by atoms with van der Waals surface area (Å²) in [6.45, 7) is 3.30. The Bertz CT molecular complexity index is 655. The number of rotatable bonds is 6. The van der Waals surface area contributed by atoms with E-state index in [1.165, 1.54) is 30.4 Å². The molecule has 0 bridgehead atoms. The lowest BCUT2D eigenvalue weighted by Crippen LogP contribution is -2.49. The smallest absolute Gasteiger partial charge is 0.0406 e. The Balaban J connectivity index is 2.04. The van der Waals surface area contributed by atoms with Gasteiger partial charge in [-0.2, -0.15) is 0 Å². The van der Waals surface area contributed by atoms with Crippen molar-refractivity contribution in [2.75, 3.05) is 33.7 Å². The molecule has 25 heavy (non-hydrogen) atoms. The number of hydrogen-bond donors (Lipinski definition) is 1. The van der Waals surface area contributed by atoms with Gasteiger partial charge < -0.3 is 10.2 Å². The maximum Gasteiger partial charge on any atom is 0.0406 e. The summed E-state index contributed by atoms with van der Waals surface area (Å²) in [6.07, 6.45) is 3.55. The normalized spacial score (nSPS) is 24.4. The molecule has 0 saturated carbocycles. The molecule has 2 unspecified atom stereocenters. The van der Waals surface area contributed by atoms with E-state index in [-0.39, 0.29) is 5.41 Å². The zero-order valence-electron chi connectivity index (χ0n) is 15.3. The Labute approximate surface area is 157 Å². The van der Waals surface area contributed by atoms with Crippen LogP contribution in [-0.4, -0.2) is 38.6 Å². The van der Waals surface area contributed by atoms with Gasteiger partial charge in [-0.25, -0.2) is 0 Å². The number of benzene rings is 2. The monoisotopic (exact) mass is 356 g/mol. The Kier molecular flexibility index (Phi) is 6.16. The first-order valence-corrected chi connectivity index (χ1v) is 9.67. The summed E-state index contributed by atoms with van der Waals surface area (Å²) >= 11 is 6.18. The van der Waals surface area contributed by atoms with Crippen LogP contribution in [0.2, 0.25) is 5.02 Å². The summed E-state index contributed by atoms with van der Waals surface area (Å²) in [6, 6.07) is 19.7. The molecular weight excluding hydrogens is 328 g/mol. The molecule has 1 fully saturated rings. The van der Waals surface area contributed by atoms with Gasteiger partial charge in [0, 0.05) is 17.0 Å². The van der Waals surface area contributed by atoms with Crippen molar-refractivity contribution in [3.8, 4) is 0 Å². The number of halogens is 1. The quantitative estimate of drug-likeness (QED) is 0.755. The second-order valence-corrected chi connectivity index (χ2v) is 7.80. The van der Waals surface area contributed by atoms with Gasteiger partial charge in [0.05, 0.1) is 0 Å². The Hall–Kier alpha value is -1.35. The van der Waals surface area contributed by atoms with Gasteiger partial charge >= 0.3 is 0 Å². The summed E-state index contributed by atoms with van der Waals surface area (Å²) in [7, 11) is 4.29. The SMILES string of the molecule is CNCCCC1(c2ccc(Cl)cc2)CN(C)CCC1c1ccccc1. The van der Waals surface area contributed by atoms with Crippen LogP contribution in [0.5, 0.6) is 0 Å². The van der Waals surface area contributed by atoms with E-state index in [1.54, 1.807) is 0 Å². The van der Waals surface area contributed by atoms with Crippen LogP contribution in [0, 0.1) is 0 Å². The summed E-state index contributed by atoms with van der Waals surface area (Å²) in [5.74, 6) is 0.544. The number of nitrogens with one attached hydrogen (secondary N) is 1. The van der Waals surface area contributed by atoms with E-state index in [2.05, 4.69) is 59.7 Å². The number of likely N-dealkylation sites (tertiary alicyclic amines) is 1. The summed E-state index contributed by atoms with van der Waals surface area (Å²) in [5.41, 5.74) is 3.03. The van der Waals surface area contributed by atoms with Crippen LogP contribution in [-0.2, 0) is 5.41 Å². The minimum Gasteiger partial charge on any atom is -0.320 e. The van der Waals surface area contributed by atoms with Gasteiger partial charge in [0.25, 0.3) is 0 Å². The van der Waals surface area contributed by atoms with Crippen LogP contribution in [0.25, 0.3) is 0 Å². The third-order valence-corrected chi connectivity index (χ3v) is 5.94. The molecule has 134 valence electrons. The lowest BCUT2D eigenvalue weighted by molar-refractivity contribution is 0.137. The van der Waals surface area contributed by atoms with Crippen molar-refractivity contribution >= 4 is 11.6 Å². The van der Waals surface area contributed by atoms with Gasteiger partial charge in [-0.15, -0.1) is 0 Å². The summed E-state index contributed by atoms with van der Waals surface area (Å²) < 4.78 is 0. The average Bonchev–Trinajstić information content (AvgIpc) is 2.63. The number of likely N-dealkylation sites (N-methyl/N-ethyl adjacent to an activating group) is 1. The van der Waals surface area contributed by atoms with E-state index < -0.39 is 0 Å². The highest BCUT2D eigenvalue weighted by atomic mass is 35.5. The Morgan fingerprint density at radius 1 is 1.12 bits per heavy atom. The fourth-order valence-corrected chi connectivity index (χ4v) is 4.65. The van der Waals surface area contributed by atoms with Crippen LogP contribution in [0.15, 0.2) is 54.6 Å². The highest BCUT2D eigenvalue weighted by molar-refractivity contribution is 6.30. The van der Waals surface area contributed by atoms with Crippen molar-refractivity contribution < 1.29 is 0 Å². The second kappa shape index (κ2) is 8.35. The molecule has 1 heterocycles. The van der Waals surface area contributed by atoms with Gasteiger partial charge in [-0.1, -0.05) is 54.1 Å². The highest BCUT2D eigenvalue weighted by Gasteiger charge is 2.44. The third-order valence-electron chi connectivity index (χ3n) is 5.69. The van der Waals surface area contributed by atoms with Crippen LogP contribution in [0.4, 0.5) is 0 Å². The van der Waals surface area contributed by atoms with E-state index in [9.17, 15) is 0 Å². The van der Waals surface area contributed by atoms with Crippen molar-refractivity contribution in [2.24, 2.45) is 0 Å². The van der Waals surface area contributed by atoms with Crippen molar-refractivity contribution in [3.05, 3.63) is 70.7 Å². The molecule has 2 aromatic carbocycles. The molecule has 0 spiro atoms. The van der Waals surface area contributed by atoms with Gasteiger partial charge in [0.2, 0.25) is 0 Å². The number of nitrogens with zero attached hydrogens (tertiary/aromatic N) is 1. The van der Waals surface area contributed by atoms with Gasteiger partial charge in [0.15, 0.2) is 0 Å². The first-order valence-electron chi connectivity index (χ1n) is 9.30. The van der Waals surface area contributed by atoms with E-state index in [4.69, 9.17) is 11.6 Å². The van der Waals surface area contributed by atoms with Crippen LogP contribution in [0.1, 0.15) is 36.3 Å². The first kappa shape index (κ1) is 18.4. The molecule has 1 aliphatic heterocycles. The van der Waals surface area contributed by atoms with E-state index >= 15 is 0 Å². The molecule has 0 radical (unpaired) electrons. The van der Waals surface area contributed by atoms with E-state index in [0.717, 1.165) is 24.7 Å². The van der Waals surface area contributed by atoms with E-state index in [0.29, 0.717) is 5.92 Å². The lowest BCUT2D eigenvalue weighted by Gasteiger charge is -2.49. The van der Waals surface area contributed by atoms with Crippen molar-refractivity contribution in [3.63, 3.8) is 0 Å². The standard InChI is InChI=1S/C22H29ClN2/c1-24-15-6-14-22(19-9-11-20(23)12-10-19)17-25(2)16-13-21(22)18-7-4-3-5-8-18/h3-5,7-12,21,24H,6,13-17H2,1-2H3. The molecule has 1 aliphatic rings. The number of hydrogen-bond acceptors (Lipinski definition) is 2. The molecule has 3 heteroatoms. The van der Waals surface area contributed by atoms with Crippen molar-refractivity contribution in [1.29, 1.82) is 0 Å². The van der Waals surface area contributed by atoms with Crippen LogP contribution >= 0.6 is 11.6 Å². The maximum atomic E-state index is 6.18. The predicted molar refractivity (Wildman–Crippen MR) is 108 cm³/mol. The topological polar surface area (TPSA) is 15.3 Å². The molecule has 0 amide bonds. The fourth-order valence-electron chi connectivity index (χ4n) is 4.52. The molecule has 2 aromatic rings. The molecular formula is C22H29ClN2. The summed E-state index contributed by atoms with van der Waals surface area (Å²) in [5, 5.41) is 4.13. The highest BCUT2D eigenvalue weighted by Crippen LogP contribution is 2.47. The largest absolute Gasteiger partial charge is 0.320 e. The van der Waals surface area contributed by atoms with Crippen molar-refractivity contribution in [1.82, 2.24) is 10.2 Å². The van der Waals surface area contributed by atoms with E-state index in [1.807, 2.05) is 19.2 Å². The Morgan fingerprint density at radius 2 is 1.84 bits per heavy atom. The molecule has 1 N–H and O–H groups in total. The summed E-state index contributed by atoms with van der Waals surface area (Å²) in [4.78, 5) is 2.49. The fraction of sp³-hybridized carbons (Fsp3) is 0.455. The molecule has 0 aliphatic carbocycles. The lowest BCUT2D eigenvalue weighted by atomic mass is 9.62. The zero-order chi connectivity index (χ0) is 17.7. The van der Waals surface area contributed by atoms with Gasteiger partial charge in [0.1, 0.15) is 0 Å². The van der Waals surface area contributed by atoms with Gasteiger partial charge in [-0.05, 0) is 75.6 Å². The third kappa shape index (κ3) is 4.08.